The van der Waals surface area contributed by atoms with Crippen LogP contribution in [-0.4, -0.2) is 80.8 Å². The number of rotatable bonds is 15. The van der Waals surface area contributed by atoms with E-state index in [-0.39, 0.29) is 18.8 Å². The molecule has 0 bridgehead atoms. The Morgan fingerprint density at radius 2 is 1.90 bits per heavy atom. The molecule has 1 atom stereocenters. The maximum atomic E-state index is 13.4. The molecule has 1 unspecified atom stereocenters. The van der Waals surface area contributed by atoms with Crippen molar-refractivity contribution in [3.05, 3.63) is 70.4 Å². The minimum Gasteiger partial charge on any atom is -0.490 e. The second kappa shape index (κ2) is 15.6. The molecule has 11 heteroatoms. The van der Waals surface area contributed by atoms with Crippen molar-refractivity contribution in [1.29, 1.82) is 0 Å². The molecule has 0 aliphatic carbocycles. The summed E-state index contributed by atoms with van der Waals surface area (Å²) in [6, 6.07) is 15.8. The third-order valence-corrected chi connectivity index (χ3v) is 6.70. The van der Waals surface area contributed by atoms with Crippen molar-refractivity contribution in [2.24, 2.45) is 0 Å². The SMILES string of the molecule is CNc1nc(OCCOc2cccc(CN(C)C)c2)n(Cc2ccc(Cl)cc2)c1C(=O)NCCOC1CCCCO1. The number of halogens is 1. The molecule has 222 valence electrons. The number of carbonyl (C=O) groups excluding carboxylic acids is 1. The zero-order chi connectivity index (χ0) is 29.0. The second-order valence-electron chi connectivity index (χ2n) is 10.1. The normalized spacial score (nSPS) is 15.1. The highest BCUT2D eigenvalue weighted by Gasteiger charge is 2.24. The Labute approximate surface area is 246 Å². The van der Waals surface area contributed by atoms with Crippen LogP contribution in [0.5, 0.6) is 11.8 Å². The van der Waals surface area contributed by atoms with Gasteiger partial charge in [0.2, 0.25) is 0 Å². The lowest BCUT2D eigenvalue weighted by Gasteiger charge is -2.22. The minimum atomic E-state index is -0.284. The Balaban J connectivity index is 1.42. The quantitative estimate of drug-likeness (QED) is 0.253. The molecule has 1 aliphatic rings. The number of hydrogen-bond acceptors (Lipinski definition) is 8. The first kappa shape index (κ1) is 30.6. The van der Waals surface area contributed by atoms with E-state index in [1.165, 1.54) is 0 Å². The molecule has 0 radical (unpaired) electrons. The zero-order valence-electron chi connectivity index (χ0n) is 24.0. The standard InChI is InChI=1S/C30H40ClN5O5/c1-32-28-27(29(37)33-14-16-40-26-9-4-5-15-39-26)36(21-22-10-12-24(31)13-11-22)30(34-28)41-18-17-38-25-8-6-7-23(19-25)20-35(2)3/h6-8,10-13,19,26,32H,4-5,9,14-18,20-21H2,1-3H3,(H,33,37). The summed E-state index contributed by atoms with van der Waals surface area (Å²) >= 11 is 6.10. The van der Waals surface area contributed by atoms with Gasteiger partial charge in [0.15, 0.2) is 17.8 Å². The van der Waals surface area contributed by atoms with E-state index in [0.29, 0.717) is 55.5 Å². The van der Waals surface area contributed by atoms with Crippen LogP contribution in [0.15, 0.2) is 48.5 Å². The van der Waals surface area contributed by atoms with Crippen LogP contribution < -0.4 is 20.1 Å². The molecule has 3 aromatic rings. The monoisotopic (exact) mass is 585 g/mol. The number of hydrogen-bond donors (Lipinski definition) is 2. The fourth-order valence-corrected chi connectivity index (χ4v) is 4.66. The van der Waals surface area contributed by atoms with Gasteiger partial charge in [-0.2, -0.15) is 4.98 Å². The molecule has 0 saturated carbocycles. The van der Waals surface area contributed by atoms with Crippen LogP contribution >= 0.6 is 11.6 Å². The van der Waals surface area contributed by atoms with Crippen molar-refractivity contribution >= 4 is 23.3 Å². The molecule has 1 amide bonds. The summed E-state index contributed by atoms with van der Waals surface area (Å²) in [6.45, 7) is 3.16. The first-order chi connectivity index (χ1) is 19.9. The van der Waals surface area contributed by atoms with E-state index in [2.05, 4.69) is 26.6 Å². The number of imidazole rings is 1. The van der Waals surface area contributed by atoms with Gasteiger partial charge in [-0.3, -0.25) is 9.36 Å². The van der Waals surface area contributed by atoms with Gasteiger partial charge in [0.1, 0.15) is 19.0 Å². The summed E-state index contributed by atoms with van der Waals surface area (Å²) in [5, 5.41) is 6.61. The van der Waals surface area contributed by atoms with Gasteiger partial charge in [-0.15, -0.1) is 0 Å². The van der Waals surface area contributed by atoms with Crippen LogP contribution in [0.25, 0.3) is 0 Å². The number of anilines is 1. The number of benzene rings is 2. The Kier molecular flexibility index (Phi) is 11.7. The molecule has 4 rings (SSSR count). The predicted octanol–water partition coefficient (Wildman–Crippen LogP) is 4.42. The molecule has 41 heavy (non-hydrogen) atoms. The summed E-state index contributed by atoms with van der Waals surface area (Å²) in [7, 11) is 5.78. The molecule has 1 fully saturated rings. The largest absolute Gasteiger partial charge is 0.490 e. The molecule has 2 N–H and O–H groups in total. The topological polar surface area (TPSA) is 99.1 Å². The minimum absolute atomic E-state index is 0.207. The lowest BCUT2D eigenvalue weighted by atomic mass is 10.2. The maximum Gasteiger partial charge on any atom is 0.299 e. The van der Waals surface area contributed by atoms with Crippen molar-refractivity contribution in [3.8, 4) is 11.8 Å². The van der Waals surface area contributed by atoms with Gasteiger partial charge < -0.3 is 34.5 Å². The first-order valence-electron chi connectivity index (χ1n) is 14.0. The van der Waals surface area contributed by atoms with Crippen LogP contribution in [0.2, 0.25) is 5.02 Å². The molecule has 1 aromatic heterocycles. The number of nitrogens with zero attached hydrogens (tertiary/aromatic N) is 3. The Morgan fingerprint density at radius 3 is 2.63 bits per heavy atom. The zero-order valence-corrected chi connectivity index (χ0v) is 24.8. The first-order valence-corrected chi connectivity index (χ1v) is 14.3. The number of aromatic nitrogens is 2. The van der Waals surface area contributed by atoms with Crippen molar-refractivity contribution in [1.82, 2.24) is 19.8 Å². The average Bonchev–Trinajstić information content (AvgIpc) is 3.32. The third kappa shape index (κ3) is 9.36. The molecule has 2 heterocycles. The summed E-state index contributed by atoms with van der Waals surface area (Å²) in [5.74, 6) is 0.905. The molecular weight excluding hydrogens is 546 g/mol. The highest BCUT2D eigenvalue weighted by molar-refractivity contribution is 6.30. The van der Waals surface area contributed by atoms with Crippen molar-refractivity contribution in [2.75, 3.05) is 59.4 Å². The van der Waals surface area contributed by atoms with Crippen LogP contribution in [0, 0.1) is 0 Å². The van der Waals surface area contributed by atoms with E-state index in [1.807, 2.05) is 56.6 Å². The van der Waals surface area contributed by atoms with Gasteiger partial charge in [-0.25, -0.2) is 0 Å². The smallest absolute Gasteiger partial charge is 0.299 e. The highest BCUT2D eigenvalue weighted by atomic mass is 35.5. The van der Waals surface area contributed by atoms with Crippen molar-refractivity contribution < 1.29 is 23.7 Å². The summed E-state index contributed by atoms with van der Waals surface area (Å²) in [4.78, 5) is 20.1. The van der Waals surface area contributed by atoms with Gasteiger partial charge in [0.25, 0.3) is 11.9 Å². The Hall–Kier alpha value is -3.31. The number of amides is 1. The van der Waals surface area contributed by atoms with Gasteiger partial charge in [-0.1, -0.05) is 35.9 Å². The molecule has 0 spiro atoms. The van der Waals surface area contributed by atoms with E-state index < -0.39 is 0 Å². The lowest BCUT2D eigenvalue weighted by Crippen LogP contribution is -2.32. The number of ether oxygens (including phenoxy) is 4. The Morgan fingerprint density at radius 1 is 1.10 bits per heavy atom. The van der Waals surface area contributed by atoms with E-state index in [1.54, 1.807) is 11.6 Å². The summed E-state index contributed by atoms with van der Waals surface area (Å²) in [6.07, 6.45) is 2.81. The van der Waals surface area contributed by atoms with Gasteiger partial charge in [-0.05, 0) is 68.8 Å². The fourth-order valence-electron chi connectivity index (χ4n) is 4.54. The third-order valence-electron chi connectivity index (χ3n) is 6.45. The van der Waals surface area contributed by atoms with Crippen molar-refractivity contribution in [3.63, 3.8) is 0 Å². The van der Waals surface area contributed by atoms with Crippen LogP contribution in [-0.2, 0) is 22.6 Å². The van der Waals surface area contributed by atoms with E-state index >= 15 is 0 Å². The van der Waals surface area contributed by atoms with Crippen LogP contribution in [0.3, 0.4) is 0 Å². The van der Waals surface area contributed by atoms with Crippen LogP contribution in [0.1, 0.15) is 40.9 Å². The summed E-state index contributed by atoms with van der Waals surface area (Å²) in [5.41, 5.74) is 2.47. The van der Waals surface area contributed by atoms with E-state index in [9.17, 15) is 4.79 Å². The molecule has 1 saturated heterocycles. The van der Waals surface area contributed by atoms with E-state index in [0.717, 1.165) is 42.7 Å². The Bertz CT molecular complexity index is 1240. The molecular formula is C30H40ClN5O5. The second-order valence-corrected chi connectivity index (χ2v) is 10.5. The molecule has 1 aliphatic heterocycles. The molecule has 10 nitrogen and oxygen atoms in total. The van der Waals surface area contributed by atoms with Gasteiger partial charge in [0.05, 0.1) is 13.2 Å². The fraction of sp³-hybridized carbons (Fsp3) is 0.467. The van der Waals surface area contributed by atoms with Crippen molar-refractivity contribution in [2.45, 2.75) is 38.6 Å². The predicted molar refractivity (Wildman–Crippen MR) is 159 cm³/mol. The van der Waals surface area contributed by atoms with Gasteiger partial charge in [0, 0.05) is 31.8 Å². The molecule has 2 aromatic carbocycles. The average molecular weight is 586 g/mol. The number of carbonyl (C=O) groups is 1. The lowest BCUT2D eigenvalue weighted by molar-refractivity contribution is -0.161. The number of nitrogens with one attached hydrogen (secondary N) is 2. The van der Waals surface area contributed by atoms with E-state index in [4.69, 9.17) is 30.5 Å². The maximum absolute atomic E-state index is 13.4. The van der Waals surface area contributed by atoms with Gasteiger partial charge >= 0.3 is 0 Å². The highest BCUT2D eigenvalue weighted by Crippen LogP contribution is 2.25. The van der Waals surface area contributed by atoms with Crippen LogP contribution in [0.4, 0.5) is 5.82 Å². The summed E-state index contributed by atoms with van der Waals surface area (Å²) < 4.78 is 25.1.